The van der Waals surface area contributed by atoms with Gasteiger partial charge in [0.05, 0.1) is 10.3 Å². The van der Waals surface area contributed by atoms with Crippen molar-refractivity contribution in [1.82, 2.24) is 15.0 Å². The van der Waals surface area contributed by atoms with Gasteiger partial charge in [0.2, 0.25) is 0 Å². The first-order chi connectivity index (χ1) is 13.5. The molecule has 2 aromatic heterocycles. The molecule has 0 fully saturated rings. The van der Waals surface area contributed by atoms with Crippen molar-refractivity contribution in [2.24, 2.45) is 0 Å². The minimum absolute atomic E-state index is 0.230. The fourth-order valence-corrected chi connectivity index (χ4v) is 4.13. The van der Waals surface area contributed by atoms with Gasteiger partial charge in [0.1, 0.15) is 17.8 Å². The summed E-state index contributed by atoms with van der Waals surface area (Å²) in [6.07, 6.45) is 3.35. The number of benzene rings is 2. The fourth-order valence-electron chi connectivity index (χ4n) is 3.06. The number of nitrogens with zero attached hydrogens (tertiary/aromatic N) is 3. The number of hydrogen-bond acceptors (Lipinski definition) is 5. The molecule has 28 heavy (non-hydrogen) atoms. The highest BCUT2D eigenvalue weighted by Crippen LogP contribution is 2.23. The molecule has 0 saturated carbocycles. The zero-order valence-corrected chi connectivity index (χ0v) is 16.0. The van der Waals surface area contributed by atoms with Gasteiger partial charge in [-0.25, -0.2) is 18.4 Å². The van der Waals surface area contributed by atoms with E-state index in [0.29, 0.717) is 12.2 Å². The zero-order chi connectivity index (χ0) is 19.6. The Kier molecular flexibility index (Phi) is 4.70. The maximum Gasteiger partial charge on any atom is 0.261 e. The summed E-state index contributed by atoms with van der Waals surface area (Å²) in [5.41, 5.74) is 2.25. The third-order valence-corrected chi connectivity index (χ3v) is 5.74. The lowest BCUT2D eigenvalue weighted by atomic mass is 10.2. The van der Waals surface area contributed by atoms with Crippen LogP contribution in [0, 0.1) is 0 Å². The Morgan fingerprint density at radius 1 is 1.04 bits per heavy atom. The minimum atomic E-state index is -3.62. The van der Waals surface area contributed by atoms with E-state index in [4.69, 9.17) is 0 Å². The molecule has 0 spiro atoms. The molecule has 0 aliphatic carbocycles. The molecule has 0 aliphatic heterocycles. The number of rotatable bonds is 6. The van der Waals surface area contributed by atoms with Crippen LogP contribution in [-0.2, 0) is 16.6 Å². The molecular formula is C20H19N5O2S. The van der Waals surface area contributed by atoms with Crippen LogP contribution in [0.5, 0.6) is 0 Å². The van der Waals surface area contributed by atoms with Gasteiger partial charge in [0.25, 0.3) is 10.0 Å². The van der Waals surface area contributed by atoms with Crippen molar-refractivity contribution < 1.29 is 8.42 Å². The summed E-state index contributed by atoms with van der Waals surface area (Å²) in [5, 5.41) is 0.936. The Morgan fingerprint density at radius 2 is 1.86 bits per heavy atom. The van der Waals surface area contributed by atoms with Crippen molar-refractivity contribution >= 4 is 32.6 Å². The number of sulfonamides is 1. The van der Waals surface area contributed by atoms with Crippen LogP contribution >= 0.6 is 0 Å². The number of anilines is 2. The average molecular weight is 393 g/mol. The van der Waals surface area contributed by atoms with Gasteiger partial charge in [-0.3, -0.25) is 4.72 Å². The first kappa shape index (κ1) is 18.0. The quantitative estimate of drug-likeness (QED) is 0.524. The van der Waals surface area contributed by atoms with E-state index in [9.17, 15) is 8.42 Å². The molecule has 142 valence electrons. The Labute approximate surface area is 163 Å². The zero-order valence-electron chi connectivity index (χ0n) is 15.2. The second kappa shape index (κ2) is 7.32. The molecule has 2 aromatic carbocycles. The Bertz CT molecular complexity index is 1210. The van der Waals surface area contributed by atoms with Gasteiger partial charge in [-0.05, 0) is 35.9 Å². The summed E-state index contributed by atoms with van der Waals surface area (Å²) in [5.74, 6) is 0.807. The van der Waals surface area contributed by atoms with E-state index < -0.39 is 10.0 Å². The number of aromatic nitrogens is 3. The summed E-state index contributed by atoms with van der Waals surface area (Å²) in [7, 11) is -1.68. The fraction of sp³-hybridized carbons (Fsp3) is 0.100. The molecular weight excluding hydrogens is 374 g/mol. The second-order valence-corrected chi connectivity index (χ2v) is 8.09. The Morgan fingerprint density at radius 3 is 2.68 bits per heavy atom. The average Bonchev–Trinajstić information content (AvgIpc) is 3.17. The third kappa shape index (κ3) is 3.67. The van der Waals surface area contributed by atoms with E-state index in [0.717, 1.165) is 22.4 Å². The highest BCUT2D eigenvalue weighted by atomic mass is 32.2. The molecule has 0 saturated heterocycles. The third-order valence-electron chi connectivity index (χ3n) is 4.35. The second-order valence-electron chi connectivity index (χ2n) is 6.41. The van der Waals surface area contributed by atoms with Gasteiger partial charge >= 0.3 is 0 Å². The van der Waals surface area contributed by atoms with E-state index in [-0.39, 0.29) is 4.90 Å². The lowest BCUT2D eigenvalue weighted by molar-refractivity contribution is 0.601. The predicted octanol–water partition coefficient (Wildman–Crippen LogP) is 3.40. The summed E-state index contributed by atoms with van der Waals surface area (Å²) in [6.45, 7) is 0.568. The molecule has 4 rings (SSSR count). The van der Waals surface area contributed by atoms with Gasteiger partial charge in [0.15, 0.2) is 0 Å². The molecule has 2 heterocycles. The molecule has 2 N–H and O–H groups in total. The standard InChI is InChI=1S/C20H19N5O2S/c1-25(20-18-10-11-21-19(18)22-14-23-20)13-15-6-5-7-16(12-15)24-28(26,27)17-8-3-2-4-9-17/h2-12,14,24H,13H2,1H3,(H,21,22,23). The highest BCUT2D eigenvalue weighted by molar-refractivity contribution is 7.92. The van der Waals surface area contributed by atoms with Gasteiger partial charge in [-0.1, -0.05) is 30.3 Å². The highest BCUT2D eigenvalue weighted by Gasteiger charge is 2.14. The lowest BCUT2D eigenvalue weighted by Gasteiger charge is -2.19. The summed E-state index contributed by atoms with van der Waals surface area (Å²) < 4.78 is 27.7. The van der Waals surface area contributed by atoms with Crippen molar-refractivity contribution in [3.8, 4) is 0 Å². The van der Waals surface area contributed by atoms with Crippen LogP contribution in [0.15, 0.2) is 78.1 Å². The van der Waals surface area contributed by atoms with Crippen molar-refractivity contribution in [3.63, 3.8) is 0 Å². The number of H-pyrrole nitrogens is 1. The van der Waals surface area contributed by atoms with Crippen LogP contribution in [0.4, 0.5) is 11.5 Å². The Balaban J connectivity index is 1.55. The molecule has 0 bridgehead atoms. The largest absolute Gasteiger partial charge is 0.355 e. The minimum Gasteiger partial charge on any atom is -0.355 e. The van der Waals surface area contributed by atoms with Crippen LogP contribution in [0.1, 0.15) is 5.56 Å². The molecule has 8 heteroatoms. The predicted molar refractivity (Wildman–Crippen MR) is 110 cm³/mol. The van der Waals surface area contributed by atoms with Gasteiger partial charge < -0.3 is 9.88 Å². The van der Waals surface area contributed by atoms with Crippen LogP contribution < -0.4 is 9.62 Å². The van der Waals surface area contributed by atoms with Crippen molar-refractivity contribution in [2.45, 2.75) is 11.4 Å². The molecule has 7 nitrogen and oxygen atoms in total. The molecule has 0 unspecified atom stereocenters. The summed E-state index contributed by atoms with van der Waals surface area (Å²) in [4.78, 5) is 13.9. The normalized spacial score (nSPS) is 11.5. The number of aromatic amines is 1. The van der Waals surface area contributed by atoms with E-state index in [1.165, 1.54) is 6.33 Å². The number of hydrogen-bond donors (Lipinski definition) is 2. The topological polar surface area (TPSA) is 91.0 Å². The van der Waals surface area contributed by atoms with Crippen LogP contribution in [0.25, 0.3) is 11.0 Å². The SMILES string of the molecule is CN(Cc1cccc(NS(=O)(=O)c2ccccc2)c1)c1ncnc2[nH]ccc12. The maximum atomic E-state index is 12.5. The van der Waals surface area contributed by atoms with E-state index in [2.05, 4.69) is 19.7 Å². The van der Waals surface area contributed by atoms with Crippen LogP contribution in [0.3, 0.4) is 0 Å². The molecule has 0 amide bonds. The summed E-state index contributed by atoms with van der Waals surface area (Å²) >= 11 is 0. The van der Waals surface area contributed by atoms with Crippen LogP contribution in [0.2, 0.25) is 0 Å². The van der Waals surface area contributed by atoms with Gasteiger partial charge in [-0.2, -0.15) is 0 Å². The van der Waals surface area contributed by atoms with Crippen molar-refractivity contribution in [1.29, 1.82) is 0 Å². The number of fused-ring (bicyclic) bond motifs is 1. The monoisotopic (exact) mass is 393 g/mol. The van der Waals surface area contributed by atoms with E-state index in [1.54, 1.807) is 36.4 Å². The summed E-state index contributed by atoms with van der Waals surface area (Å²) in [6, 6.07) is 17.6. The van der Waals surface area contributed by atoms with E-state index >= 15 is 0 Å². The van der Waals surface area contributed by atoms with Crippen LogP contribution in [-0.4, -0.2) is 30.4 Å². The first-order valence-corrected chi connectivity index (χ1v) is 10.2. The van der Waals surface area contributed by atoms with E-state index in [1.807, 2.05) is 42.4 Å². The van der Waals surface area contributed by atoms with Crippen molar-refractivity contribution in [3.05, 3.63) is 78.8 Å². The smallest absolute Gasteiger partial charge is 0.261 e. The van der Waals surface area contributed by atoms with Crippen molar-refractivity contribution in [2.75, 3.05) is 16.7 Å². The van der Waals surface area contributed by atoms with Gasteiger partial charge in [-0.15, -0.1) is 0 Å². The molecule has 0 aliphatic rings. The number of nitrogens with one attached hydrogen (secondary N) is 2. The molecule has 0 atom stereocenters. The molecule has 4 aromatic rings. The lowest BCUT2D eigenvalue weighted by Crippen LogP contribution is -2.18. The molecule has 0 radical (unpaired) electrons. The Hall–Kier alpha value is -3.39. The maximum absolute atomic E-state index is 12.5. The first-order valence-electron chi connectivity index (χ1n) is 8.69. The van der Waals surface area contributed by atoms with Gasteiger partial charge in [0, 0.05) is 25.5 Å².